The zero-order valence-corrected chi connectivity index (χ0v) is 13.0. The monoisotopic (exact) mass is 292 g/mol. The van der Waals surface area contributed by atoms with Gasteiger partial charge < -0.3 is 15.7 Å². The molecule has 0 heterocycles. The molecule has 21 heavy (non-hydrogen) atoms. The van der Waals surface area contributed by atoms with Gasteiger partial charge in [-0.3, -0.25) is 0 Å². The Morgan fingerprint density at radius 2 is 1.76 bits per heavy atom. The first-order valence-corrected chi connectivity index (χ1v) is 7.16. The van der Waals surface area contributed by atoms with E-state index in [1.54, 1.807) is 0 Å². The van der Waals surface area contributed by atoms with E-state index in [1.165, 1.54) is 0 Å². The number of carboxylic acids is 1. The van der Waals surface area contributed by atoms with Crippen LogP contribution in [0.15, 0.2) is 24.3 Å². The van der Waals surface area contributed by atoms with E-state index in [-0.39, 0.29) is 12.0 Å². The van der Waals surface area contributed by atoms with Crippen molar-refractivity contribution in [1.82, 2.24) is 10.6 Å². The largest absolute Gasteiger partial charge is 0.480 e. The van der Waals surface area contributed by atoms with Crippen molar-refractivity contribution in [2.24, 2.45) is 5.92 Å². The minimum Gasteiger partial charge on any atom is -0.480 e. The van der Waals surface area contributed by atoms with Gasteiger partial charge in [0, 0.05) is 0 Å². The maximum absolute atomic E-state index is 11.9. The average Bonchev–Trinajstić information content (AvgIpc) is 2.37. The molecule has 1 aromatic carbocycles. The second-order valence-corrected chi connectivity index (χ2v) is 5.72. The van der Waals surface area contributed by atoms with Crippen molar-refractivity contribution < 1.29 is 14.7 Å². The quantitative estimate of drug-likeness (QED) is 0.754. The van der Waals surface area contributed by atoms with E-state index in [9.17, 15) is 9.59 Å². The summed E-state index contributed by atoms with van der Waals surface area (Å²) in [7, 11) is 0. The van der Waals surface area contributed by atoms with Crippen LogP contribution in [-0.4, -0.2) is 23.1 Å². The molecule has 0 bridgehead atoms. The molecule has 5 heteroatoms. The molecular formula is C16H24N2O3. The smallest absolute Gasteiger partial charge is 0.326 e. The number of hydrogen-bond donors (Lipinski definition) is 3. The summed E-state index contributed by atoms with van der Waals surface area (Å²) in [5.74, 6) is -0.817. The molecule has 1 rings (SSSR count). The highest BCUT2D eigenvalue weighted by atomic mass is 16.4. The molecule has 3 N–H and O–H groups in total. The molecule has 0 aromatic heterocycles. The first-order valence-electron chi connectivity index (χ1n) is 7.16. The second-order valence-electron chi connectivity index (χ2n) is 5.72. The Labute approximate surface area is 125 Å². The highest BCUT2D eigenvalue weighted by Crippen LogP contribution is 2.16. The van der Waals surface area contributed by atoms with Gasteiger partial charge in [0.05, 0.1) is 6.04 Å². The van der Waals surface area contributed by atoms with Gasteiger partial charge in [-0.1, -0.05) is 38.1 Å². The summed E-state index contributed by atoms with van der Waals surface area (Å²) < 4.78 is 0. The average molecular weight is 292 g/mol. The summed E-state index contributed by atoms with van der Waals surface area (Å²) in [4.78, 5) is 23.1. The first-order chi connectivity index (χ1) is 9.81. The van der Waals surface area contributed by atoms with E-state index in [1.807, 2.05) is 52.0 Å². The molecule has 0 aliphatic carbocycles. The summed E-state index contributed by atoms with van der Waals surface area (Å²) in [5, 5.41) is 14.4. The fraction of sp³-hybridized carbons (Fsp3) is 0.500. The molecule has 0 fully saturated rings. The zero-order chi connectivity index (χ0) is 16.0. The molecule has 1 unspecified atom stereocenters. The highest BCUT2D eigenvalue weighted by Gasteiger charge is 2.22. The van der Waals surface area contributed by atoms with Crippen LogP contribution in [0.5, 0.6) is 0 Å². The molecule has 5 nitrogen and oxygen atoms in total. The number of carbonyl (C=O) groups is 2. The van der Waals surface area contributed by atoms with Crippen molar-refractivity contribution in [1.29, 1.82) is 0 Å². The van der Waals surface area contributed by atoms with Gasteiger partial charge in [-0.25, -0.2) is 9.59 Å². The summed E-state index contributed by atoms with van der Waals surface area (Å²) >= 11 is 0. The Balaban J connectivity index is 2.64. The number of carbonyl (C=O) groups excluding carboxylic acids is 1. The lowest BCUT2D eigenvalue weighted by Crippen LogP contribution is -2.47. The van der Waals surface area contributed by atoms with E-state index in [0.717, 1.165) is 11.1 Å². The number of rotatable bonds is 6. The molecule has 1 aromatic rings. The van der Waals surface area contributed by atoms with E-state index in [0.29, 0.717) is 6.42 Å². The first kappa shape index (κ1) is 17.0. The van der Waals surface area contributed by atoms with Crippen LogP contribution in [0.3, 0.4) is 0 Å². The molecule has 0 saturated carbocycles. The third-order valence-electron chi connectivity index (χ3n) is 3.31. The predicted molar refractivity (Wildman–Crippen MR) is 82.1 cm³/mol. The summed E-state index contributed by atoms with van der Waals surface area (Å²) in [6.07, 6.45) is 0.404. The number of carboxylic acid groups (broad SMARTS) is 1. The van der Waals surface area contributed by atoms with Crippen molar-refractivity contribution in [3.8, 4) is 0 Å². The lowest BCUT2D eigenvalue weighted by Gasteiger charge is -2.20. The van der Waals surface area contributed by atoms with Gasteiger partial charge in [0.15, 0.2) is 0 Å². The molecule has 0 radical (unpaired) electrons. The number of urea groups is 1. The summed E-state index contributed by atoms with van der Waals surface area (Å²) in [6.45, 7) is 7.70. The third-order valence-corrected chi connectivity index (χ3v) is 3.31. The number of aliphatic carboxylic acids is 1. The number of hydrogen-bond acceptors (Lipinski definition) is 2. The second kappa shape index (κ2) is 7.67. The Morgan fingerprint density at radius 1 is 1.14 bits per heavy atom. The van der Waals surface area contributed by atoms with Crippen LogP contribution in [0.2, 0.25) is 0 Å². The van der Waals surface area contributed by atoms with Crippen molar-refractivity contribution in [3.05, 3.63) is 35.4 Å². The normalized spacial score (nSPS) is 13.6. The van der Waals surface area contributed by atoms with Gasteiger partial charge in [-0.2, -0.15) is 0 Å². The molecule has 2 atom stereocenters. The van der Waals surface area contributed by atoms with E-state index >= 15 is 0 Å². The maximum atomic E-state index is 11.9. The molecule has 2 amide bonds. The van der Waals surface area contributed by atoms with Crippen LogP contribution in [0.25, 0.3) is 0 Å². The molecule has 116 valence electrons. The van der Waals surface area contributed by atoms with Gasteiger partial charge in [-0.05, 0) is 37.3 Å². The fourth-order valence-electron chi connectivity index (χ4n) is 2.24. The van der Waals surface area contributed by atoms with E-state index in [4.69, 9.17) is 5.11 Å². The molecule has 0 aliphatic rings. The lowest BCUT2D eigenvalue weighted by atomic mass is 10.0. The number of benzene rings is 1. The molecule has 0 spiro atoms. The van der Waals surface area contributed by atoms with Crippen LogP contribution in [0.1, 0.15) is 44.4 Å². The number of aryl methyl sites for hydroxylation is 1. The Bertz CT molecular complexity index is 500. The van der Waals surface area contributed by atoms with Gasteiger partial charge in [-0.15, -0.1) is 0 Å². The lowest BCUT2D eigenvalue weighted by molar-refractivity contribution is -0.139. The number of amides is 2. The minimum absolute atomic E-state index is 0.181. The van der Waals surface area contributed by atoms with Gasteiger partial charge in [0.25, 0.3) is 0 Å². The van der Waals surface area contributed by atoms with Crippen LogP contribution >= 0.6 is 0 Å². The molecular weight excluding hydrogens is 268 g/mol. The Kier molecular flexibility index (Phi) is 6.21. The van der Waals surface area contributed by atoms with Crippen molar-refractivity contribution in [2.45, 2.75) is 46.2 Å². The Hall–Kier alpha value is -2.04. The van der Waals surface area contributed by atoms with Crippen molar-refractivity contribution in [2.75, 3.05) is 0 Å². The maximum Gasteiger partial charge on any atom is 0.326 e. The standard InChI is InChI=1S/C16H24N2O3/c1-10(2)9-14(15(19)20)18-16(21)17-12(4)13-8-6-5-7-11(13)3/h5-8,10,12,14H,9H2,1-4H3,(H,19,20)(H2,17,18,21)/t12?,14-/m0/s1. The summed E-state index contributed by atoms with van der Waals surface area (Å²) in [6, 6.07) is 6.27. The number of nitrogens with one attached hydrogen (secondary N) is 2. The van der Waals surface area contributed by atoms with Crippen molar-refractivity contribution >= 4 is 12.0 Å². The van der Waals surface area contributed by atoms with Crippen LogP contribution < -0.4 is 10.6 Å². The van der Waals surface area contributed by atoms with Crippen molar-refractivity contribution in [3.63, 3.8) is 0 Å². The van der Waals surface area contributed by atoms with E-state index in [2.05, 4.69) is 10.6 Å². The van der Waals surface area contributed by atoms with Crippen LogP contribution in [-0.2, 0) is 4.79 Å². The molecule has 0 aliphatic heterocycles. The predicted octanol–water partition coefficient (Wildman–Crippen LogP) is 2.85. The Morgan fingerprint density at radius 3 is 2.29 bits per heavy atom. The highest BCUT2D eigenvalue weighted by molar-refractivity contribution is 5.82. The zero-order valence-electron chi connectivity index (χ0n) is 13.0. The fourth-order valence-corrected chi connectivity index (χ4v) is 2.24. The van der Waals surface area contributed by atoms with Crippen LogP contribution in [0.4, 0.5) is 4.79 Å². The molecule has 0 saturated heterocycles. The topological polar surface area (TPSA) is 78.4 Å². The van der Waals surface area contributed by atoms with Gasteiger partial charge >= 0.3 is 12.0 Å². The van der Waals surface area contributed by atoms with Gasteiger partial charge in [0.1, 0.15) is 6.04 Å². The minimum atomic E-state index is -1.01. The van der Waals surface area contributed by atoms with E-state index < -0.39 is 18.0 Å². The third kappa shape index (κ3) is 5.45. The SMILES string of the molecule is Cc1ccccc1C(C)NC(=O)N[C@@H](CC(C)C)C(=O)O. The van der Waals surface area contributed by atoms with Gasteiger partial charge in [0.2, 0.25) is 0 Å². The van der Waals surface area contributed by atoms with Crippen LogP contribution in [0, 0.1) is 12.8 Å². The summed E-state index contributed by atoms with van der Waals surface area (Å²) in [5.41, 5.74) is 2.10.